The van der Waals surface area contributed by atoms with Gasteiger partial charge in [0, 0.05) is 22.1 Å². The minimum absolute atomic E-state index is 0.145. The second-order valence-electron chi connectivity index (χ2n) is 4.69. The van der Waals surface area contributed by atoms with E-state index in [4.69, 9.17) is 11.6 Å². The van der Waals surface area contributed by atoms with Crippen LogP contribution in [0.1, 0.15) is 23.0 Å². The van der Waals surface area contributed by atoms with E-state index in [1.807, 2.05) is 13.0 Å². The van der Waals surface area contributed by atoms with E-state index >= 15 is 0 Å². The summed E-state index contributed by atoms with van der Waals surface area (Å²) in [6.07, 6.45) is 2.74. The molecule has 0 fully saturated rings. The Morgan fingerprint density at radius 3 is 2.86 bits per heavy atom. The van der Waals surface area contributed by atoms with Crippen LogP contribution in [0.5, 0.6) is 0 Å². The van der Waals surface area contributed by atoms with Gasteiger partial charge in [-0.2, -0.15) is 0 Å². The zero-order valence-electron chi connectivity index (χ0n) is 11.2. The number of rotatable bonds is 4. The fourth-order valence-electron chi connectivity index (χ4n) is 2.24. The van der Waals surface area contributed by atoms with E-state index in [1.54, 1.807) is 17.5 Å². The van der Waals surface area contributed by atoms with Gasteiger partial charge in [-0.3, -0.25) is 0 Å². The van der Waals surface area contributed by atoms with Crippen LogP contribution in [0.2, 0.25) is 0 Å². The number of nitrogens with zero attached hydrogens (tertiary/aromatic N) is 3. The van der Waals surface area contributed by atoms with Crippen molar-refractivity contribution in [2.75, 3.05) is 0 Å². The molecule has 0 aliphatic carbocycles. The minimum Gasteiger partial charge on any atom is -0.311 e. The van der Waals surface area contributed by atoms with Crippen LogP contribution in [0.4, 0.5) is 0 Å². The highest BCUT2D eigenvalue weighted by Gasteiger charge is 2.16. The molecule has 3 aromatic heterocycles. The van der Waals surface area contributed by atoms with Gasteiger partial charge in [0.25, 0.3) is 0 Å². The summed E-state index contributed by atoms with van der Waals surface area (Å²) in [5.74, 6) is 0.868. The molecule has 0 bridgehead atoms. The van der Waals surface area contributed by atoms with E-state index in [2.05, 4.69) is 58.5 Å². The molecule has 0 N–H and O–H groups in total. The van der Waals surface area contributed by atoms with Crippen LogP contribution in [-0.4, -0.2) is 14.5 Å². The van der Waals surface area contributed by atoms with Gasteiger partial charge in [0.2, 0.25) is 0 Å². The van der Waals surface area contributed by atoms with Gasteiger partial charge >= 0.3 is 0 Å². The van der Waals surface area contributed by atoms with Crippen LogP contribution in [0.15, 0.2) is 32.7 Å². The van der Waals surface area contributed by atoms with Crippen molar-refractivity contribution >= 4 is 66.0 Å². The first-order valence-corrected chi connectivity index (χ1v) is 9.28. The molecular weight excluding hydrogens is 438 g/mol. The topological polar surface area (TPSA) is 30.7 Å². The molecule has 0 spiro atoms. The minimum atomic E-state index is -0.145. The summed E-state index contributed by atoms with van der Waals surface area (Å²) in [7, 11) is 0. The first kappa shape index (κ1) is 15.5. The van der Waals surface area contributed by atoms with Crippen molar-refractivity contribution in [2.24, 2.45) is 0 Å². The number of fused-ring (bicyclic) bond motifs is 1. The van der Waals surface area contributed by atoms with E-state index in [1.165, 1.54) is 4.88 Å². The summed E-state index contributed by atoms with van der Waals surface area (Å²) < 4.78 is 4.20. The first-order valence-electron chi connectivity index (χ1n) is 6.44. The Kier molecular flexibility index (Phi) is 4.69. The van der Waals surface area contributed by atoms with E-state index in [0.29, 0.717) is 0 Å². The molecule has 7 heteroatoms. The molecule has 3 nitrogen and oxygen atoms in total. The molecule has 21 heavy (non-hydrogen) atoms. The molecule has 3 rings (SSSR count). The van der Waals surface area contributed by atoms with Crippen LogP contribution >= 0.6 is 54.8 Å². The van der Waals surface area contributed by atoms with Crippen LogP contribution in [-0.2, 0) is 13.0 Å². The summed E-state index contributed by atoms with van der Waals surface area (Å²) >= 11 is 15.0. The summed E-state index contributed by atoms with van der Waals surface area (Å²) in [6, 6.07) is 6.19. The lowest BCUT2D eigenvalue weighted by atomic mass is 10.3. The van der Waals surface area contributed by atoms with Gasteiger partial charge < -0.3 is 4.57 Å². The molecule has 0 saturated carbocycles. The summed E-state index contributed by atoms with van der Waals surface area (Å²) in [6.45, 7) is 2.76. The molecule has 3 aromatic rings. The third kappa shape index (κ3) is 3.33. The number of aryl methyl sites for hydroxylation is 2. The summed E-state index contributed by atoms with van der Waals surface area (Å²) in [5.41, 5.74) is 1.76. The lowest BCUT2D eigenvalue weighted by Gasteiger charge is -2.09. The highest BCUT2D eigenvalue weighted by Crippen LogP contribution is 2.27. The van der Waals surface area contributed by atoms with Crippen molar-refractivity contribution < 1.29 is 0 Å². The summed E-state index contributed by atoms with van der Waals surface area (Å²) in [5, 5.41) is -0.145. The van der Waals surface area contributed by atoms with E-state index < -0.39 is 0 Å². The van der Waals surface area contributed by atoms with Gasteiger partial charge in [0.1, 0.15) is 11.3 Å². The van der Waals surface area contributed by atoms with E-state index in [-0.39, 0.29) is 5.38 Å². The number of pyridine rings is 1. The Morgan fingerprint density at radius 2 is 2.19 bits per heavy atom. The van der Waals surface area contributed by atoms with Gasteiger partial charge in [-0.1, -0.05) is 0 Å². The number of alkyl halides is 1. The number of aromatic nitrogens is 3. The third-order valence-electron chi connectivity index (χ3n) is 3.15. The summed E-state index contributed by atoms with van der Waals surface area (Å²) in [4.78, 5) is 10.4. The van der Waals surface area contributed by atoms with E-state index in [0.717, 1.165) is 38.2 Å². The number of imidazole rings is 1. The van der Waals surface area contributed by atoms with Gasteiger partial charge in [0.15, 0.2) is 5.65 Å². The Balaban J connectivity index is 1.97. The second kappa shape index (κ2) is 6.36. The monoisotopic (exact) mass is 447 g/mol. The molecule has 0 amide bonds. The largest absolute Gasteiger partial charge is 0.311 e. The van der Waals surface area contributed by atoms with Gasteiger partial charge in [-0.05, 0) is 63.4 Å². The fourth-order valence-corrected chi connectivity index (χ4v) is 4.19. The lowest BCUT2D eigenvalue weighted by molar-refractivity contribution is 0.667. The maximum Gasteiger partial charge on any atom is 0.160 e. The predicted molar refractivity (Wildman–Crippen MR) is 95.2 cm³/mol. The Labute approximate surface area is 148 Å². The lowest BCUT2D eigenvalue weighted by Crippen LogP contribution is -2.07. The SMILES string of the molecule is CC(Cl)c1nc2cc(Br)cnc2n1CCc1ccc(Br)s1. The van der Waals surface area contributed by atoms with Crippen molar-refractivity contribution in [3.63, 3.8) is 0 Å². The van der Waals surface area contributed by atoms with Crippen molar-refractivity contribution in [2.45, 2.75) is 25.3 Å². The highest BCUT2D eigenvalue weighted by atomic mass is 79.9. The molecule has 0 radical (unpaired) electrons. The molecular formula is C14H12Br2ClN3S. The highest BCUT2D eigenvalue weighted by molar-refractivity contribution is 9.11. The number of thiophene rings is 1. The molecule has 0 aliphatic rings. The average Bonchev–Trinajstić information content (AvgIpc) is 2.99. The smallest absolute Gasteiger partial charge is 0.160 e. The normalized spacial score (nSPS) is 13.0. The van der Waals surface area contributed by atoms with Crippen LogP contribution < -0.4 is 0 Å². The molecule has 0 saturated heterocycles. The van der Waals surface area contributed by atoms with Crippen molar-refractivity contribution in [1.82, 2.24) is 14.5 Å². The zero-order valence-corrected chi connectivity index (χ0v) is 15.9. The maximum atomic E-state index is 6.28. The average molecular weight is 450 g/mol. The molecule has 3 heterocycles. The van der Waals surface area contributed by atoms with Crippen molar-refractivity contribution in [1.29, 1.82) is 0 Å². The molecule has 1 unspecified atom stereocenters. The Morgan fingerprint density at radius 1 is 1.38 bits per heavy atom. The Bertz CT molecular complexity index is 782. The maximum absolute atomic E-state index is 6.28. The number of halogens is 3. The standard InChI is InChI=1S/C14H12Br2ClN3S/c1-8(17)13-19-11-6-9(15)7-18-14(11)20(13)5-4-10-2-3-12(16)21-10/h2-3,6-8H,4-5H2,1H3. The molecule has 0 aromatic carbocycles. The van der Waals surface area contributed by atoms with Gasteiger partial charge in [-0.15, -0.1) is 22.9 Å². The number of hydrogen-bond donors (Lipinski definition) is 0. The quantitative estimate of drug-likeness (QED) is 0.488. The van der Waals surface area contributed by atoms with Crippen molar-refractivity contribution in [3.8, 4) is 0 Å². The molecule has 1 atom stereocenters. The van der Waals surface area contributed by atoms with Crippen LogP contribution in [0, 0.1) is 0 Å². The predicted octanol–water partition coefficient (Wildman–Crippen LogP) is 5.56. The Hall–Kier alpha value is -0.430. The zero-order chi connectivity index (χ0) is 15.0. The van der Waals surface area contributed by atoms with Crippen LogP contribution in [0.25, 0.3) is 11.2 Å². The molecule has 110 valence electrons. The van der Waals surface area contributed by atoms with E-state index in [9.17, 15) is 0 Å². The second-order valence-corrected chi connectivity index (χ2v) is 8.81. The number of hydrogen-bond acceptors (Lipinski definition) is 3. The van der Waals surface area contributed by atoms with Gasteiger partial charge in [0.05, 0.1) is 9.16 Å². The van der Waals surface area contributed by atoms with Crippen LogP contribution in [0.3, 0.4) is 0 Å². The van der Waals surface area contributed by atoms with Crippen molar-refractivity contribution in [3.05, 3.63) is 43.4 Å². The first-order chi connectivity index (χ1) is 10.0. The third-order valence-corrected chi connectivity index (χ3v) is 5.46. The fraction of sp³-hybridized carbons (Fsp3) is 0.286. The molecule has 0 aliphatic heterocycles. The van der Waals surface area contributed by atoms with Gasteiger partial charge in [-0.25, -0.2) is 9.97 Å².